The maximum Gasteiger partial charge on any atom is 0.0946 e. The van der Waals surface area contributed by atoms with Gasteiger partial charge in [0.2, 0.25) is 0 Å². The van der Waals surface area contributed by atoms with Crippen molar-refractivity contribution in [3.05, 3.63) is 18.2 Å². The summed E-state index contributed by atoms with van der Waals surface area (Å²) in [6.07, 6.45) is 6.09. The average molecular weight is 209 g/mol. The molecule has 0 spiro atoms. The summed E-state index contributed by atoms with van der Waals surface area (Å²) in [7, 11) is 4.07. The molecule has 1 N–H and O–H groups in total. The fraction of sp³-hybridized carbons (Fsp3) is 0.727. The molecule has 1 fully saturated rings. The van der Waals surface area contributed by atoms with Crippen molar-refractivity contribution < 1.29 is 4.74 Å². The van der Waals surface area contributed by atoms with Gasteiger partial charge in [0.1, 0.15) is 0 Å². The van der Waals surface area contributed by atoms with Gasteiger partial charge in [-0.25, -0.2) is 4.98 Å². The largest absolute Gasteiger partial charge is 0.381 e. The Kier molecular flexibility index (Phi) is 3.38. The van der Waals surface area contributed by atoms with E-state index >= 15 is 0 Å². The summed E-state index contributed by atoms with van der Waals surface area (Å²) in [6, 6.07) is 0.404. The molecular formula is C11H19N3O. The molecule has 1 aliphatic heterocycles. The third-order valence-electron chi connectivity index (χ3n) is 3.22. The van der Waals surface area contributed by atoms with E-state index in [4.69, 9.17) is 4.74 Å². The first-order chi connectivity index (χ1) is 7.33. The lowest BCUT2D eigenvalue weighted by Crippen LogP contribution is -2.31. The van der Waals surface area contributed by atoms with Crippen molar-refractivity contribution in [1.29, 1.82) is 0 Å². The van der Waals surface area contributed by atoms with Crippen LogP contribution < -0.4 is 5.32 Å². The highest BCUT2D eigenvalue weighted by Crippen LogP contribution is 2.29. The molecule has 1 aromatic heterocycles. The van der Waals surface area contributed by atoms with Crippen LogP contribution in [0, 0.1) is 5.92 Å². The molecular weight excluding hydrogens is 190 g/mol. The standard InChI is InChI=1S/C11H19N3O/c1-12-11(9-3-5-15-6-4-9)10-7-13-8-14(10)2/h7-9,11-12H,3-6H2,1-2H3. The van der Waals surface area contributed by atoms with E-state index in [-0.39, 0.29) is 0 Å². The molecule has 1 saturated heterocycles. The predicted octanol–water partition coefficient (Wildman–Crippen LogP) is 1.11. The van der Waals surface area contributed by atoms with Crippen LogP contribution in [0.5, 0.6) is 0 Å². The number of aryl methyl sites for hydroxylation is 1. The lowest BCUT2D eigenvalue weighted by atomic mass is 9.90. The zero-order valence-electron chi connectivity index (χ0n) is 9.44. The van der Waals surface area contributed by atoms with E-state index in [9.17, 15) is 0 Å². The summed E-state index contributed by atoms with van der Waals surface area (Å²) in [5.74, 6) is 0.666. The molecule has 1 aliphatic rings. The van der Waals surface area contributed by atoms with Crippen LogP contribution >= 0.6 is 0 Å². The summed E-state index contributed by atoms with van der Waals surface area (Å²) in [6.45, 7) is 1.78. The number of aromatic nitrogens is 2. The zero-order valence-corrected chi connectivity index (χ0v) is 9.44. The first-order valence-electron chi connectivity index (χ1n) is 5.54. The van der Waals surface area contributed by atoms with E-state index < -0.39 is 0 Å². The normalized spacial score (nSPS) is 20.4. The van der Waals surface area contributed by atoms with Crippen LogP contribution in [0.4, 0.5) is 0 Å². The van der Waals surface area contributed by atoms with E-state index in [1.165, 1.54) is 5.69 Å². The fourth-order valence-corrected chi connectivity index (χ4v) is 2.34. The monoisotopic (exact) mass is 209 g/mol. The Hall–Kier alpha value is -0.870. The number of hydrogen-bond donors (Lipinski definition) is 1. The molecule has 4 nitrogen and oxygen atoms in total. The van der Waals surface area contributed by atoms with Gasteiger partial charge in [-0.05, 0) is 25.8 Å². The van der Waals surface area contributed by atoms with Gasteiger partial charge in [-0.3, -0.25) is 0 Å². The van der Waals surface area contributed by atoms with Crippen LogP contribution in [-0.4, -0.2) is 29.8 Å². The Morgan fingerprint density at radius 3 is 2.80 bits per heavy atom. The van der Waals surface area contributed by atoms with Crippen molar-refractivity contribution >= 4 is 0 Å². The lowest BCUT2D eigenvalue weighted by Gasteiger charge is -2.30. The molecule has 1 atom stereocenters. The third-order valence-corrected chi connectivity index (χ3v) is 3.22. The van der Waals surface area contributed by atoms with Gasteiger partial charge in [-0.2, -0.15) is 0 Å². The van der Waals surface area contributed by atoms with Gasteiger partial charge >= 0.3 is 0 Å². The van der Waals surface area contributed by atoms with Crippen LogP contribution in [-0.2, 0) is 11.8 Å². The minimum absolute atomic E-state index is 0.404. The molecule has 2 heterocycles. The molecule has 0 radical (unpaired) electrons. The number of imidazole rings is 1. The second kappa shape index (κ2) is 4.77. The van der Waals surface area contributed by atoms with Gasteiger partial charge in [-0.1, -0.05) is 0 Å². The van der Waals surface area contributed by atoms with Gasteiger partial charge in [0.25, 0.3) is 0 Å². The van der Waals surface area contributed by atoms with Crippen LogP contribution in [0.1, 0.15) is 24.6 Å². The molecule has 4 heteroatoms. The van der Waals surface area contributed by atoms with Crippen molar-refractivity contribution in [1.82, 2.24) is 14.9 Å². The molecule has 0 aliphatic carbocycles. The molecule has 15 heavy (non-hydrogen) atoms. The number of nitrogens with one attached hydrogen (secondary N) is 1. The van der Waals surface area contributed by atoms with E-state index in [1.807, 2.05) is 26.6 Å². The second-order valence-corrected chi connectivity index (χ2v) is 4.15. The van der Waals surface area contributed by atoms with Gasteiger partial charge in [0.15, 0.2) is 0 Å². The first kappa shape index (κ1) is 10.6. The fourth-order valence-electron chi connectivity index (χ4n) is 2.34. The molecule has 0 amide bonds. The molecule has 0 bridgehead atoms. The molecule has 1 unspecified atom stereocenters. The summed E-state index contributed by atoms with van der Waals surface area (Å²) < 4.78 is 7.49. The van der Waals surface area contributed by atoms with Crippen LogP contribution in [0.15, 0.2) is 12.5 Å². The lowest BCUT2D eigenvalue weighted by molar-refractivity contribution is 0.0537. The maximum atomic E-state index is 5.39. The zero-order chi connectivity index (χ0) is 10.7. The molecule has 2 rings (SSSR count). The van der Waals surface area contributed by atoms with E-state index in [0.717, 1.165) is 26.1 Å². The Balaban J connectivity index is 2.12. The summed E-state index contributed by atoms with van der Waals surface area (Å²) in [5.41, 5.74) is 1.27. The van der Waals surface area contributed by atoms with Crippen LogP contribution in [0.25, 0.3) is 0 Å². The van der Waals surface area contributed by atoms with E-state index in [2.05, 4.69) is 14.9 Å². The van der Waals surface area contributed by atoms with Crippen LogP contribution in [0.3, 0.4) is 0 Å². The first-order valence-corrected chi connectivity index (χ1v) is 5.54. The Labute approximate surface area is 90.6 Å². The van der Waals surface area contributed by atoms with Gasteiger partial charge in [0.05, 0.1) is 18.1 Å². The Bertz CT molecular complexity index is 305. The van der Waals surface area contributed by atoms with Crippen LogP contribution in [0.2, 0.25) is 0 Å². The SMILES string of the molecule is CNC(c1cncn1C)C1CCOCC1. The van der Waals surface area contributed by atoms with E-state index in [1.54, 1.807) is 0 Å². The quantitative estimate of drug-likeness (QED) is 0.810. The number of rotatable bonds is 3. The second-order valence-electron chi connectivity index (χ2n) is 4.15. The Morgan fingerprint density at radius 2 is 2.27 bits per heavy atom. The molecule has 0 saturated carbocycles. The van der Waals surface area contributed by atoms with Gasteiger partial charge in [-0.15, -0.1) is 0 Å². The van der Waals surface area contributed by atoms with Gasteiger partial charge < -0.3 is 14.6 Å². The average Bonchev–Trinajstić information content (AvgIpc) is 2.68. The van der Waals surface area contributed by atoms with Crippen molar-refractivity contribution in [2.24, 2.45) is 13.0 Å². The Morgan fingerprint density at radius 1 is 1.53 bits per heavy atom. The predicted molar refractivity (Wildman–Crippen MR) is 58.6 cm³/mol. The molecule has 1 aromatic rings. The van der Waals surface area contributed by atoms with E-state index in [0.29, 0.717) is 12.0 Å². The molecule has 0 aromatic carbocycles. The van der Waals surface area contributed by atoms with Crippen molar-refractivity contribution in [2.45, 2.75) is 18.9 Å². The summed E-state index contributed by atoms with van der Waals surface area (Å²) in [4.78, 5) is 4.18. The summed E-state index contributed by atoms with van der Waals surface area (Å²) in [5, 5.41) is 3.40. The number of hydrogen-bond acceptors (Lipinski definition) is 3. The highest BCUT2D eigenvalue weighted by Gasteiger charge is 2.25. The highest BCUT2D eigenvalue weighted by molar-refractivity contribution is 5.06. The minimum Gasteiger partial charge on any atom is -0.381 e. The number of ether oxygens (including phenoxy) is 1. The smallest absolute Gasteiger partial charge is 0.0946 e. The third kappa shape index (κ3) is 2.21. The van der Waals surface area contributed by atoms with Crippen molar-refractivity contribution in [3.63, 3.8) is 0 Å². The van der Waals surface area contributed by atoms with Gasteiger partial charge in [0, 0.05) is 26.5 Å². The minimum atomic E-state index is 0.404. The van der Waals surface area contributed by atoms with Crippen molar-refractivity contribution in [3.8, 4) is 0 Å². The highest BCUT2D eigenvalue weighted by atomic mass is 16.5. The maximum absolute atomic E-state index is 5.39. The molecule has 84 valence electrons. The number of nitrogens with zero attached hydrogens (tertiary/aromatic N) is 2. The summed E-state index contributed by atoms with van der Waals surface area (Å²) >= 11 is 0. The van der Waals surface area contributed by atoms with Crippen molar-refractivity contribution in [2.75, 3.05) is 20.3 Å². The topological polar surface area (TPSA) is 39.1 Å².